The molecule has 4 N–H and O–H groups in total. The molecule has 0 unspecified atom stereocenters. The van der Waals surface area contributed by atoms with Crippen LogP contribution in [0.25, 0.3) is 11.4 Å². The van der Waals surface area contributed by atoms with E-state index in [0.29, 0.717) is 36.1 Å². The number of amides is 1. The van der Waals surface area contributed by atoms with Gasteiger partial charge in [0.25, 0.3) is 0 Å². The molecule has 1 atom stereocenters. The van der Waals surface area contributed by atoms with Crippen molar-refractivity contribution in [2.24, 2.45) is 0 Å². The summed E-state index contributed by atoms with van der Waals surface area (Å²) in [4.78, 5) is 22.7. The first kappa shape index (κ1) is 21.5. The second-order valence-corrected chi connectivity index (χ2v) is 8.02. The molecule has 4 aromatic rings. The van der Waals surface area contributed by atoms with Crippen LogP contribution in [0.1, 0.15) is 22.7 Å². The number of fused-ring (bicyclic) bond motifs is 1. The van der Waals surface area contributed by atoms with Gasteiger partial charge < -0.3 is 20.6 Å². The van der Waals surface area contributed by atoms with Gasteiger partial charge in [0.2, 0.25) is 17.7 Å². The number of aromatic amines is 1. The van der Waals surface area contributed by atoms with Crippen LogP contribution in [0.5, 0.6) is 0 Å². The van der Waals surface area contributed by atoms with Crippen LogP contribution in [0.4, 0.5) is 17.5 Å². The Bertz CT molecular complexity index is 1300. The quantitative estimate of drug-likeness (QED) is 0.328. The monoisotopic (exact) mass is 457 g/mol. The highest BCUT2D eigenvalue weighted by molar-refractivity contribution is 5.81. The van der Waals surface area contributed by atoms with Crippen molar-refractivity contribution in [2.45, 2.75) is 19.0 Å². The van der Waals surface area contributed by atoms with Crippen molar-refractivity contribution in [1.29, 1.82) is 0 Å². The van der Waals surface area contributed by atoms with Gasteiger partial charge in [-0.3, -0.25) is 4.79 Å². The molecule has 1 aliphatic heterocycles. The standard InChI is InChI=1S/C23H23N9O2/c1-32-12-16-9-17(8-7-15(16)10-20(32)34)25-23-24-11-18(22-28-30-31-29-22)21(27-23)26-19(13-33)14-5-3-2-4-6-14/h2-9,11,19,33H,10,12-13H2,1H3,(H2,24,25,26,27)(H,28,29,30,31)/t19-/m1/s1. The van der Waals surface area contributed by atoms with Crippen molar-refractivity contribution in [3.05, 3.63) is 71.4 Å². The Morgan fingerprint density at radius 2 is 2.03 bits per heavy atom. The molecule has 3 heterocycles. The van der Waals surface area contributed by atoms with Gasteiger partial charge in [0.1, 0.15) is 5.82 Å². The van der Waals surface area contributed by atoms with Gasteiger partial charge in [-0.1, -0.05) is 36.4 Å². The first-order valence-corrected chi connectivity index (χ1v) is 10.8. The maximum absolute atomic E-state index is 12.0. The lowest BCUT2D eigenvalue weighted by atomic mass is 9.99. The summed E-state index contributed by atoms with van der Waals surface area (Å²) in [7, 11) is 1.80. The van der Waals surface area contributed by atoms with Crippen molar-refractivity contribution in [3.8, 4) is 11.4 Å². The molecular formula is C23H23N9O2. The van der Waals surface area contributed by atoms with Crippen LogP contribution in [-0.4, -0.2) is 60.2 Å². The van der Waals surface area contributed by atoms with Crippen molar-refractivity contribution < 1.29 is 9.90 Å². The van der Waals surface area contributed by atoms with Gasteiger partial charge in [0, 0.05) is 25.5 Å². The van der Waals surface area contributed by atoms with Gasteiger partial charge >= 0.3 is 0 Å². The topological polar surface area (TPSA) is 145 Å². The molecule has 11 nitrogen and oxygen atoms in total. The molecule has 2 aromatic carbocycles. The van der Waals surface area contributed by atoms with E-state index in [1.165, 1.54) is 0 Å². The molecule has 0 spiro atoms. The van der Waals surface area contributed by atoms with Crippen molar-refractivity contribution in [3.63, 3.8) is 0 Å². The number of hydrogen-bond acceptors (Lipinski definition) is 9. The molecule has 1 aliphatic rings. The Morgan fingerprint density at radius 3 is 2.79 bits per heavy atom. The van der Waals surface area contributed by atoms with Crippen LogP contribution in [0, 0.1) is 0 Å². The van der Waals surface area contributed by atoms with Crippen LogP contribution in [0.3, 0.4) is 0 Å². The number of H-pyrrole nitrogens is 1. The second-order valence-electron chi connectivity index (χ2n) is 8.02. The normalized spacial score (nSPS) is 13.9. The highest BCUT2D eigenvalue weighted by Crippen LogP contribution is 2.29. The van der Waals surface area contributed by atoms with E-state index >= 15 is 0 Å². The Balaban J connectivity index is 1.45. The zero-order valence-corrected chi connectivity index (χ0v) is 18.4. The fourth-order valence-electron chi connectivity index (χ4n) is 3.87. The van der Waals surface area contributed by atoms with E-state index in [1.807, 2.05) is 48.5 Å². The molecule has 11 heteroatoms. The minimum atomic E-state index is -0.397. The van der Waals surface area contributed by atoms with Gasteiger partial charge in [-0.2, -0.15) is 10.2 Å². The number of nitrogens with zero attached hydrogens (tertiary/aromatic N) is 6. The average Bonchev–Trinajstić information content (AvgIpc) is 3.39. The summed E-state index contributed by atoms with van der Waals surface area (Å²) in [5.74, 6) is 1.26. The number of likely N-dealkylation sites (N-methyl/N-ethyl adjacent to an activating group) is 1. The summed E-state index contributed by atoms with van der Waals surface area (Å²) >= 11 is 0. The molecule has 0 radical (unpaired) electrons. The SMILES string of the molecule is CN1Cc2cc(Nc3ncc(-c4nn[nH]n4)c(N[C@H](CO)c4ccccc4)n3)ccc2CC1=O. The van der Waals surface area contributed by atoms with E-state index in [0.717, 1.165) is 22.4 Å². The highest BCUT2D eigenvalue weighted by Gasteiger charge is 2.21. The van der Waals surface area contributed by atoms with E-state index in [9.17, 15) is 9.90 Å². The van der Waals surface area contributed by atoms with Crippen molar-refractivity contribution in [1.82, 2.24) is 35.5 Å². The summed E-state index contributed by atoms with van der Waals surface area (Å²) in [5, 5.41) is 30.7. The van der Waals surface area contributed by atoms with E-state index in [1.54, 1.807) is 18.1 Å². The third kappa shape index (κ3) is 4.41. The van der Waals surface area contributed by atoms with Crippen LogP contribution >= 0.6 is 0 Å². The summed E-state index contributed by atoms with van der Waals surface area (Å²) < 4.78 is 0. The molecule has 172 valence electrons. The Labute approximate surface area is 195 Å². The van der Waals surface area contributed by atoms with Crippen LogP contribution < -0.4 is 10.6 Å². The lowest BCUT2D eigenvalue weighted by Gasteiger charge is -2.25. The fourth-order valence-corrected chi connectivity index (χ4v) is 3.87. The fraction of sp³-hybridized carbons (Fsp3) is 0.217. The van der Waals surface area contributed by atoms with Crippen molar-refractivity contribution >= 4 is 23.4 Å². The van der Waals surface area contributed by atoms with Gasteiger partial charge in [-0.05, 0) is 34.0 Å². The summed E-state index contributed by atoms with van der Waals surface area (Å²) in [6.45, 7) is 0.420. The number of aliphatic hydroxyl groups is 1. The molecule has 0 aliphatic carbocycles. The first-order valence-electron chi connectivity index (χ1n) is 10.8. The summed E-state index contributed by atoms with van der Waals surface area (Å²) in [6.07, 6.45) is 2.00. The minimum absolute atomic E-state index is 0.112. The largest absolute Gasteiger partial charge is 0.394 e. The molecule has 1 amide bonds. The molecule has 0 saturated heterocycles. The second kappa shape index (κ2) is 9.24. The third-order valence-electron chi connectivity index (χ3n) is 5.71. The predicted molar refractivity (Wildman–Crippen MR) is 125 cm³/mol. The van der Waals surface area contributed by atoms with E-state index in [-0.39, 0.29) is 12.5 Å². The number of nitrogens with one attached hydrogen (secondary N) is 3. The molecule has 0 fully saturated rings. The van der Waals surface area contributed by atoms with E-state index < -0.39 is 6.04 Å². The van der Waals surface area contributed by atoms with E-state index in [4.69, 9.17) is 0 Å². The molecule has 34 heavy (non-hydrogen) atoms. The zero-order chi connectivity index (χ0) is 23.5. The molecular weight excluding hydrogens is 434 g/mol. The maximum atomic E-state index is 12.0. The number of benzene rings is 2. The number of carbonyl (C=O) groups excluding carboxylic acids is 1. The molecule has 0 saturated carbocycles. The van der Waals surface area contributed by atoms with Crippen molar-refractivity contribution in [2.75, 3.05) is 24.3 Å². The highest BCUT2D eigenvalue weighted by atomic mass is 16.3. The first-order chi connectivity index (χ1) is 16.6. The van der Waals surface area contributed by atoms with E-state index in [2.05, 4.69) is 41.2 Å². The Morgan fingerprint density at radius 1 is 1.18 bits per heavy atom. The number of aromatic nitrogens is 6. The summed E-state index contributed by atoms with van der Waals surface area (Å²) in [5.41, 5.74) is 4.36. The molecule has 2 aromatic heterocycles. The van der Waals surface area contributed by atoms with Gasteiger partial charge in [-0.15, -0.1) is 10.2 Å². The van der Waals surface area contributed by atoms with Gasteiger partial charge in [-0.25, -0.2) is 4.98 Å². The Hall–Kier alpha value is -4.38. The zero-order valence-electron chi connectivity index (χ0n) is 18.4. The van der Waals surface area contributed by atoms with Crippen LogP contribution in [0.2, 0.25) is 0 Å². The number of hydrogen-bond donors (Lipinski definition) is 4. The molecule has 0 bridgehead atoms. The maximum Gasteiger partial charge on any atom is 0.229 e. The number of tetrazole rings is 1. The number of rotatable bonds is 7. The lowest BCUT2D eigenvalue weighted by Crippen LogP contribution is -2.32. The average molecular weight is 457 g/mol. The summed E-state index contributed by atoms with van der Waals surface area (Å²) in [6, 6.07) is 15.1. The van der Waals surface area contributed by atoms with Crippen LogP contribution in [0.15, 0.2) is 54.7 Å². The third-order valence-corrected chi connectivity index (χ3v) is 5.71. The van der Waals surface area contributed by atoms with Gasteiger partial charge in [0.15, 0.2) is 0 Å². The Kier molecular flexibility index (Phi) is 5.83. The predicted octanol–water partition coefficient (Wildman–Crippen LogP) is 2.06. The van der Waals surface area contributed by atoms with Crippen LogP contribution in [-0.2, 0) is 17.8 Å². The smallest absolute Gasteiger partial charge is 0.229 e. The van der Waals surface area contributed by atoms with Gasteiger partial charge in [0.05, 0.1) is 24.6 Å². The lowest BCUT2D eigenvalue weighted by molar-refractivity contribution is -0.130. The number of carbonyl (C=O) groups is 1. The minimum Gasteiger partial charge on any atom is -0.394 e. The number of aliphatic hydroxyl groups excluding tert-OH is 1. The molecule has 5 rings (SSSR count). The number of anilines is 3.